The molecule has 3 N–H and O–H groups in total. The molecule has 0 radical (unpaired) electrons. The highest BCUT2D eigenvalue weighted by Gasteiger charge is 2.62. The molecule has 2 saturated carbocycles. The molecule has 0 unspecified atom stereocenters. The van der Waals surface area contributed by atoms with E-state index in [0.29, 0.717) is 53.9 Å². The number of hydrogen-bond donors (Lipinski definition) is 3. The summed E-state index contributed by atoms with van der Waals surface area (Å²) in [5.41, 5.74) is 0.289. The van der Waals surface area contributed by atoms with Gasteiger partial charge in [0.15, 0.2) is 5.06 Å². The van der Waals surface area contributed by atoms with Crippen LogP contribution in [0.25, 0.3) is 21.6 Å². The average Bonchev–Trinajstić information content (AvgIpc) is 3.90. The number of thiophene rings is 2. The van der Waals surface area contributed by atoms with Gasteiger partial charge in [0, 0.05) is 12.3 Å². The van der Waals surface area contributed by atoms with E-state index in [1.807, 2.05) is 53.9 Å². The number of fused-ring (bicyclic) bond motifs is 3. The Morgan fingerprint density at radius 2 is 1.73 bits per heavy atom. The number of amides is 4. The van der Waals surface area contributed by atoms with E-state index < -0.39 is 68.7 Å². The molecular formula is C38H40N6O8S3. The van der Waals surface area contributed by atoms with E-state index in [2.05, 4.69) is 15.4 Å². The zero-order valence-electron chi connectivity index (χ0n) is 29.7. The number of aromatic nitrogens is 2. The van der Waals surface area contributed by atoms with Crippen LogP contribution < -0.4 is 24.8 Å². The fourth-order valence-electron chi connectivity index (χ4n) is 7.23. The van der Waals surface area contributed by atoms with Gasteiger partial charge in [0.2, 0.25) is 27.7 Å². The van der Waals surface area contributed by atoms with Crippen molar-refractivity contribution in [1.82, 2.24) is 30.2 Å². The summed E-state index contributed by atoms with van der Waals surface area (Å²) in [6.45, 7) is -0.0357. The van der Waals surface area contributed by atoms with Crippen LogP contribution in [0.5, 0.6) is 10.9 Å². The number of para-hydroxylation sites is 2. The molecule has 14 nitrogen and oxygen atoms in total. The maximum atomic E-state index is 14.6. The lowest BCUT2D eigenvalue weighted by Crippen LogP contribution is -2.58. The quantitative estimate of drug-likeness (QED) is 0.206. The summed E-state index contributed by atoms with van der Waals surface area (Å²) in [7, 11) is -3.90. The van der Waals surface area contributed by atoms with Crippen molar-refractivity contribution in [2.75, 3.05) is 6.54 Å². The minimum atomic E-state index is -3.90. The van der Waals surface area contributed by atoms with Crippen molar-refractivity contribution >= 4 is 67.5 Å². The first-order valence-corrected chi connectivity index (χ1v) is 21.7. The number of hydrogen-bond acceptors (Lipinski definition) is 12. The van der Waals surface area contributed by atoms with Gasteiger partial charge in [-0.05, 0) is 79.6 Å². The van der Waals surface area contributed by atoms with Crippen LogP contribution in [0.3, 0.4) is 0 Å². The fraction of sp³-hybridized carbons (Fsp3) is 0.421. The molecule has 2 aliphatic heterocycles. The van der Waals surface area contributed by atoms with Gasteiger partial charge in [-0.2, -0.15) is 0 Å². The third-order valence-corrected chi connectivity index (χ3v) is 13.8. The summed E-state index contributed by atoms with van der Waals surface area (Å²) in [6, 6.07) is 12.4. The molecule has 5 atom stereocenters. The van der Waals surface area contributed by atoms with Crippen LogP contribution in [0.4, 0.5) is 4.79 Å². The van der Waals surface area contributed by atoms with Crippen molar-refractivity contribution in [3.05, 3.63) is 71.4 Å². The van der Waals surface area contributed by atoms with Crippen LogP contribution in [0.2, 0.25) is 0 Å². The number of nitrogens with zero attached hydrogens (tertiary/aromatic N) is 3. The van der Waals surface area contributed by atoms with E-state index in [0.717, 1.165) is 17.7 Å². The van der Waals surface area contributed by atoms with Gasteiger partial charge in [-0.1, -0.05) is 43.2 Å². The molecule has 8 rings (SSSR count). The normalized spacial score (nSPS) is 26.4. The van der Waals surface area contributed by atoms with Crippen LogP contribution in [0.1, 0.15) is 57.8 Å². The zero-order chi connectivity index (χ0) is 38.2. The topological polar surface area (TPSA) is 186 Å². The third kappa shape index (κ3) is 8.09. The number of nitrogens with one attached hydrogen (secondary N) is 3. The molecule has 4 aliphatic rings. The van der Waals surface area contributed by atoms with Crippen LogP contribution in [0, 0.1) is 5.92 Å². The second-order valence-corrected chi connectivity index (χ2v) is 18.2. The van der Waals surface area contributed by atoms with Crippen molar-refractivity contribution in [3.8, 4) is 21.5 Å². The smallest absolute Gasteiger partial charge is 0.414 e. The second-order valence-electron chi connectivity index (χ2n) is 14.4. The summed E-state index contributed by atoms with van der Waals surface area (Å²) in [5.74, 6) is -2.13. The Labute approximate surface area is 325 Å². The van der Waals surface area contributed by atoms with Crippen molar-refractivity contribution in [2.24, 2.45) is 5.92 Å². The minimum absolute atomic E-state index is 0.0287. The van der Waals surface area contributed by atoms with E-state index in [-0.39, 0.29) is 25.3 Å². The molecule has 17 heteroatoms. The number of ether oxygens (including phenoxy) is 2. The van der Waals surface area contributed by atoms with Crippen molar-refractivity contribution in [2.45, 2.75) is 86.8 Å². The Balaban J connectivity index is 1.11. The van der Waals surface area contributed by atoms with E-state index in [1.165, 1.54) is 27.6 Å². The highest BCUT2D eigenvalue weighted by atomic mass is 32.2. The van der Waals surface area contributed by atoms with Gasteiger partial charge in [0.05, 0.1) is 27.7 Å². The third-order valence-electron chi connectivity index (χ3n) is 10.4. The van der Waals surface area contributed by atoms with Crippen LogP contribution in [0.15, 0.2) is 71.4 Å². The standard InChI is InChI=1S/C38H40N6O8S3/c45-33-29-20-24(51-34-32(30-14-8-18-53-30)39-26-11-6-7-12-27(26)40-34)22-44(29)35(46)28(41-37(48)52-31-15-9-19-54-31)13-5-3-1-2-4-10-23-21-38(23,42-33)36(47)43-55(49,50)25-16-17-25/h4,6-12,14-15,18-19,23-25,28-29H,1-3,5,13,16-17,20-22H2,(H,41,48)(H,42,45)(H,43,47)/b10-4-/t23-,24-,28+,29+,38-/m1/s1. The van der Waals surface area contributed by atoms with Crippen molar-refractivity contribution in [1.29, 1.82) is 0 Å². The van der Waals surface area contributed by atoms with Gasteiger partial charge in [-0.25, -0.2) is 23.2 Å². The zero-order valence-corrected chi connectivity index (χ0v) is 32.2. The Morgan fingerprint density at radius 3 is 2.47 bits per heavy atom. The van der Waals surface area contributed by atoms with E-state index in [4.69, 9.17) is 19.4 Å². The first-order valence-electron chi connectivity index (χ1n) is 18.4. The lowest BCUT2D eigenvalue weighted by Gasteiger charge is -2.29. The summed E-state index contributed by atoms with van der Waals surface area (Å²) in [6.07, 6.45) is 6.59. The Kier molecular flexibility index (Phi) is 10.3. The monoisotopic (exact) mass is 804 g/mol. The number of carbonyl (C=O) groups excluding carboxylic acids is 4. The number of carbonyl (C=O) groups is 4. The van der Waals surface area contributed by atoms with Gasteiger partial charge in [-0.15, -0.1) is 22.7 Å². The lowest BCUT2D eigenvalue weighted by molar-refractivity contribution is -0.141. The summed E-state index contributed by atoms with van der Waals surface area (Å²) < 4.78 is 39.9. The molecule has 1 saturated heterocycles. The first-order chi connectivity index (χ1) is 26.6. The summed E-state index contributed by atoms with van der Waals surface area (Å²) in [4.78, 5) is 67.7. The van der Waals surface area contributed by atoms with E-state index >= 15 is 0 Å². The molecule has 3 fully saturated rings. The van der Waals surface area contributed by atoms with Crippen LogP contribution in [-0.2, 0) is 24.4 Å². The molecule has 0 spiro atoms. The molecule has 5 heterocycles. The van der Waals surface area contributed by atoms with Gasteiger partial charge >= 0.3 is 6.09 Å². The van der Waals surface area contributed by atoms with Gasteiger partial charge < -0.3 is 25.0 Å². The molecule has 2 aliphatic carbocycles. The number of benzene rings is 1. The molecule has 288 valence electrons. The van der Waals surface area contributed by atoms with Crippen LogP contribution in [-0.4, -0.2) is 82.6 Å². The Bertz CT molecular complexity index is 2230. The maximum absolute atomic E-state index is 14.6. The predicted molar refractivity (Wildman–Crippen MR) is 206 cm³/mol. The van der Waals surface area contributed by atoms with Gasteiger partial charge in [-0.3, -0.25) is 19.1 Å². The van der Waals surface area contributed by atoms with Crippen LogP contribution >= 0.6 is 22.7 Å². The number of sulfonamides is 1. The predicted octanol–water partition coefficient (Wildman–Crippen LogP) is 4.93. The Morgan fingerprint density at radius 1 is 0.945 bits per heavy atom. The molecular weight excluding hydrogens is 765 g/mol. The van der Waals surface area contributed by atoms with Gasteiger partial charge in [0.1, 0.15) is 29.4 Å². The Hall–Kier alpha value is -4.87. The molecule has 4 amide bonds. The molecule has 3 aromatic heterocycles. The second kappa shape index (κ2) is 15.3. The van der Waals surface area contributed by atoms with Crippen molar-refractivity contribution in [3.63, 3.8) is 0 Å². The molecule has 55 heavy (non-hydrogen) atoms. The average molecular weight is 805 g/mol. The molecule has 1 aromatic carbocycles. The molecule has 0 bridgehead atoms. The van der Waals surface area contributed by atoms with E-state index in [1.54, 1.807) is 17.5 Å². The number of allylic oxidation sites excluding steroid dienone is 1. The SMILES string of the molecule is O=C(N[C@H]1CCCCC/C=C\[C@@H]2C[C@@]2(C(=O)NS(=O)(=O)C2CC2)NC(=O)[C@@H]2C[C@@H](Oc3nc4ccccc4nc3-c3cccs3)CN2C1=O)Oc1cccs1. The van der Waals surface area contributed by atoms with E-state index in [9.17, 15) is 27.6 Å². The summed E-state index contributed by atoms with van der Waals surface area (Å²) >= 11 is 2.71. The highest BCUT2D eigenvalue weighted by Crippen LogP contribution is 2.46. The van der Waals surface area contributed by atoms with Gasteiger partial charge in [0.25, 0.3) is 5.91 Å². The lowest BCUT2D eigenvalue weighted by atomic mass is 10.1. The maximum Gasteiger partial charge on any atom is 0.414 e. The highest BCUT2D eigenvalue weighted by molar-refractivity contribution is 7.91. The fourth-order valence-corrected chi connectivity index (χ4v) is 9.87. The number of rotatable bonds is 8. The van der Waals surface area contributed by atoms with Crippen molar-refractivity contribution < 1.29 is 37.1 Å². The minimum Gasteiger partial charge on any atom is -0.471 e. The largest absolute Gasteiger partial charge is 0.471 e. The first kappa shape index (κ1) is 37.1. The summed E-state index contributed by atoms with van der Waals surface area (Å²) in [5, 5.41) is 9.05. The molecule has 4 aromatic rings.